The zero-order valence-electron chi connectivity index (χ0n) is 16.0. The Morgan fingerprint density at radius 1 is 0.815 bits per heavy atom. The van der Waals surface area contributed by atoms with E-state index in [2.05, 4.69) is 102 Å². The maximum absolute atomic E-state index is 3.66. The lowest BCUT2D eigenvalue weighted by atomic mass is 9.86. The molecule has 2 heteroatoms. The number of hydrogen-bond acceptors (Lipinski definition) is 2. The highest BCUT2D eigenvalue weighted by Crippen LogP contribution is 2.39. The van der Waals surface area contributed by atoms with Crippen LogP contribution in [0.25, 0.3) is 0 Å². The zero-order chi connectivity index (χ0) is 18.5. The number of hydrogen-bond donors (Lipinski definition) is 1. The van der Waals surface area contributed by atoms with Crippen molar-refractivity contribution in [3.05, 3.63) is 107 Å². The molecule has 2 nitrogen and oxygen atoms in total. The first-order valence-electron chi connectivity index (χ1n) is 9.90. The highest BCUT2D eigenvalue weighted by atomic mass is 15.3. The lowest BCUT2D eigenvalue weighted by Gasteiger charge is -2.49. The fourth-order valence-electron chi connectivity index (χ4n) is 3.97. The Bertz CT molecular complexity index is 827. The second-order valence-electron chi connectivity index (χ2n) is 7.59. The molecule has 0 aliphatic carbocycles. The largest absolute Gasteiger partial charge is 0.311 e. The Kier molecular flexibility index (Phi) is 5.66. The number of aryl methyl sites for hydroxylation is 1. The third-order valence-corrected chi connectivity index (χ3v) is 5.59. The van der Waals surface area contributed by atoms with E-state index in [4.69, 9.17) is 0 Å². The molecule has 0 aromatic heterocycles. The summed E-state index contributed by atoms with van der Waals surface area (Å²) in [6.07, 6.45) is 1.22. The summed E-state index contributed by atoms with van der Waals surface area (Å²) in [5.74, 6) is 0. The van der Waals surface area contributed by atoms with Crippen molar-refractivity contribution in [1.82, 2.24) is 10.2 Å². The molecule has 0 bridgehead atoms. The average molecular weight is 357 g/mol. The summed E-state index contributed by atoms with van der Waals surface area (Å²) in [6, 6.07) is 31.7. The van der Waals surface area contributed by atoms with E-state index in [0.717, 1.165) is 19.6 Å². The minimum Gasteiger partial charge on any atom is -0.311 e. The monoisotopic (exact) mass is 356 g/mol. The number of rotatable bonds is 7. The van der Waals surface area contributed by atoms with Gasteiger partial charge in [-0.1, -0.05) is 90.5 Å². The van der Waals surface area contributed by atoms with Crippen LogP contribution in [-0.4, -0.2) is 17.5 Å². The van der Waals surface area contributed by atoms with Gasteiger partial charge in [0.05, 0.1) is 0 Å². The topological polar surface area (TPSA) is 15.3 Å². The van der Waals surface area contributed by atoms with Gasteiger partial charge in [-0.25, -0.2) is 0 Å². The summed E-state index contributed by atoms with van der Waals surface area (Å²) < 4.78 is 0. The second-order valence-corrected chi connectivity index (χ2v) is 7.59. The fraction of sp³-hybridized carbons (Fsp3) is 0.280. The van der Waals surface area contributed by atoms with Gasteiger partial charge in [0.2, 0.25) is 0 Å². The molecule has 3 aromatic rings. The van der Waals surface area contributed by atoms with Gasteiger partial charge in [0.25, 0.3) is 0 Å². The summed E-state index contributed by atoms with van der Waals surface area (Å²) in [7, 11) is 0. The fourth-order valence-corrected chi connectivity index (χ4v) is 3.97. The molecule has 0 amide bonds. The van der Waals surface area contributed by atoms with Gasteiger partial charge < -0.3 is 5.32 Å². The highest BCUT2D eigenvalue weighted by molar-refractivity contribution is 5.25. The molecule has 1 N–H and O–H groups in total. The van der Waals surface area contributed by atoms with Crippen molar-refractivity contribution < 1.29 is 0 Å². The third kappa shape index (κ3) is 4.47. The average Bonchev–Trinajstić information content (AvgIpc) is 2.71. The van der Waals surface area contributed by atoms with Crippen LogP contribution in [0, 0.1) is 6.92 Å². The van der Waals surface area contributed by atoms with E-state index in [1.807, 2.05) is 0 Å². The molecule has 1 heterocycles. The lowest BCUT2D eigenvalue weighted by Crippen LogP contribution is -2.53. The van der Waals surface area contributed by atoms with Gasteiger partial charge in [0, 0.05) is 31.7 Å². The molecule has 27 heavy (non-hydrogen) atoms. The smallest absolute Gasteiger partial charge is 0.0370 e. The Hall–Kier alpha value is -2.42. The molecular formula is C25H28N2. The Morgan fingerprint density at radius 2 is 1.48 bits per heavy atom. The van der Waals surface area contributed by atoms with Crippen molar-refractivity contribution in [3.63, 3.8) is 0 Å². The van der Waals surface area contributed by atoms with E-state index in [0.29, 0.717) is 12.1 Å². The van der Waals surface area contributed by atoms with Crippen LogP contribution in [0.5, 0.6) is 0 Å². The summed E-state index contributed by atoms with van der Waals surface area (Å²) in [5.41, 5.74) is 5.50. The maximum Gasteiger partial charge on any atom is 0.0370 e. The van der Waals surface area contributed by atoms with Crippen molar-refractivity contribution in [3.8, 4) is 0 Å². The van der Waals surface area contributed by atoms with Gasteiger partial charge in [-0.2, -0.15) is 0 Å². The number of benzene rings is 3. The SMILES string of the molecule is Cc1ccc(CN2[C@H](CNCc3ccccc3)C[C@@H]2c2ccccc2)cc1. The number of likely N-dealkylation sites (tertiary alicyclic amines) is 1. The van der Waals surface area contributed by atoms with Crippen molar-refractivity contribution in [2.75, 3.05) is 6.54 Å². The van der Waals surface area contributed by atoms with Gasteiger partial charge in [0.1, 0.15) is 0 Å². The molecular weight excluding hydrogens is 328 g/mol. The van der Waals surface area contributed by atoms with Crippen molar-refractivity contribution in [2.24, 2.45) is 0 Å². The van der Waals surface area contributed by atoms with Gasteiger partial charge in [-0.15, -0.1) is 0 Å². The molecule has 1 saturated heterocycles. The van der Waals surface area contributed by atoms with Crippen molar-refractivity contribution in [1.29, 1.82) is 0 Å². The first kappa shape index (κ1) is 18.0. The molecule has 138 valence electrons. The van der Waals surface area contributed by atoms with Crippen LogP contribution in [0.1, 0.15) is 34.7 Å². The van der Waals surface area contributed by atoms with Crippen LogP contribution in [0.15, 0.2) is 84.9 Å². The van der Waals surface area contributed by atoms with Crippen molar-refractivity contribution in [2.45, 2.75) is 38.5 Å². The van der Waals surface area contributed by atoms with E-state index in [9.17, 15) is 0 Å². The molecule has 3 aromatic carbocycles. The van der Waals surface area contributed by atoms with Gasteiger partial charge in [-0.3, -0.25) is 4.90 Å². The van der Waals surface area contributed by atoms with Crippen LogP contribution >= 0.6 is 0 Å². The molecule has 4 rings (SSSR count). The predicted octanol–water partition coefficient (Wildman–Crippen LogP) is 5.10. The number of nitrogens with one attached hydrogen (secondary N) is 1. The normalized spacial score (nSPS) is 19.6. The molecule has 0 radical (unpaired) electrons. The minimum atomic E-state index is 0.524. The van der Waals surface area contributed by atoms with Gasteiger partial charge in [0.15, 0.2) is 0 Å². The molecule has 1 fully saturated rings. The van der Waals surface area contributed by atoms with Crippen LogP contribution < -0.4 is 5.32 Å². The molecule has 0 unspecified atom stereocenters. The quantitative estimate of drug-likeness (QED) is 0.633. The van der Waals surface area contributed by atoms with Gasteiger partial charge >= 0.3 is 0 Å². The second kappa shape index (κ2) is 8.51. The van der Waals surface area contributed by atoms with Crippen LogP contribution in [0.4, 0.5) is 0 Å². The van der Waals surface area contributed by atoms with E-state index in [-0.39, 0.29) is 0 Å². The summed E-state index contributed by atoms with van der Waals surface area (Å²) in [5, 5.41) is 3.66. The first-order valence-corrected chi connectivity index (χ1v) is 9.90. The summed E-state index contributed by atoms with van der Waals surface area (Å²) in [4.78, 5) is 2.65. The Labute approximate surface area is 162 Å². The maximum atomic E-state index is 3.66. The predicted molar refractivity (Wildman–Crippen MR) is 112 cm³/mol. The molecule has 1 aliphatic rings. The molecule has 2 atom stereocenters. The van der Waals surface area contributed by atoms with Crippen molar-refractivity contribution >= 4 is 0 Å². The van der Waals surface area contributed by atoms with E-state index in [1.165, 1.54) is 28.7 Å². The standard InChI is InChI=1S/C25H28N2/c1-20-12-14-22(15-13-20)19-27-24(16-25(27)23-10-6-3-7-11-23)18-26-17-21-8-4-2-5-9-21/h2-15,24-26H,16-19H2,1H3/t24-,25+/m0/s1. The lowest BCUT2D eigenvalue weighted by molar-refractivity contribution is 0.00557. The van der Waals surface area contributed by atoms with Crippen LogP contribution in [0.2, 0.25) is 0 Å². The minimum absolute atomic E-state index is 0.524. The summed E-state index contributed by atoms with van der Waals surface area (Å²) in [6.45, 7) is 5.13. The summed E-state index contributed by atoms with van der Waals surface area (Å²) >= 11 is 0. The van der Waals surface area contributed by atoms with Gasteiger partial charge in [-0.05, 0) is 30.0 Å². The third-order valence-electron chi connectivity index (χ3n) is 5.59. The van der Waals surface area contributed by atoms with Crippen LogP contribution in [-0.2, 0) is 13.1 Å². The Morgan fingerprint density at radius 3 is 2.19 bits per heavy atom. The van der Waals surface area contributed by atoms with Crippen LogP contribution in [0.3, 0.4) is 0 Å². The first-order chi connectivity index (χ1) is 13.3. The molecule has 1 aliphatic heterocycles. The number of nitrogens with zero attached hydrogens (tertiary/aromatic N) is 1. The van der Waals surface area contributed by atoms with E-state index < -0.39 is 0 Å². The molecule has 0 saturated carbocycles. The van der Waals surface area contributed by atoms with E-state index in [1.54, 1.807) is 0 Å². The Balaban J connectivity index is 1.41. The molecule has 0 spiro atoms. The highest BCUT2D eigenvalue weighted by Gasteiger charge is 2.38. The van der Waals surface area contributed by atoms with E-state index >= 15 is 0 Å². The zero-order valence-corrected chi connectivity index (χ0v) is 16.0.